The molecule has 0 bridgehead atoms. The van der Waals surface area contributed by atoms with Gasteiger partial charge in [0.25, 0.3) is 0 Å². The lowest BCUT2D eigenvalue weighted by Gasteiger charge is -2.17. The van der Waals surface area contributed by atoms with E-state index < -0.39 is 17.8 Å². The van der Waals surface area contributed by atoms with E-state index in [0.717, 1.165) is 6.07 Å². The largest absolute Gasteiger partial charge is 0.416 e. The van der Waals surface area contributed by atoms with Crippen molar-refractivity contribution >= 4 is 11.6 Å². The molecule has 0 amide bonds. The first-order chi connectivity index (χ1) is 6.88. The molecule has 0 saturated carbocycles. The molecule has 0 spiro atoms. The Bertz CT molecular complexity index is 373. The average Bonchev–Trinajstić information content (AvgIpc) is 2.15. The summed E-state index contributed by atoms with van der Waals surface area (Å²) in [6.07, 6.45) is -3.24. The quantitative estimate of drug-likeness (QED) is 0.780. The summed E-state index contributed by atoms with van der Waals surface area (Å²) in [5.41, 5.74) is 4.54. The van der Waals surface area contributed by atoms with Gasteiger partial charge in [-0.25, -0.2) is 0 Å². The van der Waals surface area contributed by atoms with Crippen LogP contribution in [0.2, 0.25) is 5.02 Å². The zero-order chi connectivity index (χ0) is 11.6. The van der Waals surface area contributed by atoms with Gasteiger partial charge in [0.15, 0.2) is 0 Å². The Balaban J connectivity index is 3.39. The highest BCUT2D eigenvalue weighted by atomic mass is 35.5. The van der Waals surface area contributed by atoms with Gasteiger partial charge in [0, 0.05) is 16.6 Å². The topological polar surface area (TPSA) is 26.0 Å². The van der Waals surface area contributed by atoms with Gasteiger partial charge in [-0.05, 0) is 12.1 Å². The van der Waals surface area contributed by atoms with Crippen molar-refractivity contribution in [3.8, 4) is 0 Å². The molecule has 1 nitrogen and oxygen atoms in total. The Morgan fingerprint density at radius 2 is 2.00 bits per heavy atom. The fourth-order valence-electron chi connectivity index (χ4n) is 1.24. The van der Waals surface area contributed by atoms with Gasteiger partial charge < -0.3 is 5.73 Å². The summed E-state index contributed by atoms with van der Waals surface area (Å²) in [5.74, 6) is 0. The van der Waals surface area contributed by atoms with Crippen molar-refractivity contribution in [1.82, 2.24) is 0 Å². The summed E-state index contributed by atoms with van der Waals surface area (Å²) in [6, 6.07) is 2.64. The minimum atomic E-state index is -4.46. The normalized spacial score (nSPS) is 13.7. The van der Waals surface area contributed by atoms with Gasteiger partial charge in [-0.1, -0.05) is 23.7 Å². The predicted octanol–water partition coefficient (Wildman–Crippen LogP) is 3.54. The Kier molecular flexibility index (Phi) is 3.42. The molecule has 0 heterocycles. The van der Waals surface area contributed by atoms with E-state index in [1.165, 1.54) is 18.2 Å². The third-order valence-corrected chi connectivity index (χ3v) is 2.28. The van der Waals surface area contributed by atoms with Crippen LogP contribution in [0.3, 0.4) is 0 Å². The second kappa shape index (κ2) is 4.24. The zero-order valence-corrected chi connectivity index (χ0v) is 8.44. The van der Waals surface area contributed by atoms with E-state index in [-0.39, 0.29) is 10.6 Å². The maximum absolute atomic E-state index is 12.6. The van der Waals surface area contributed by atoms with E-state index in [1.54, 1.807) is 0 Å². The van der Waals surface area contributed by atoms with Crippen molar-refractivity contribution in [2.45, 2.75) is 12.2 Å². The van der Waals surface area contributed by atoms with E-state index in [0.29, 0.717) is 0 Å². The molecule has 1 aromatic carbocycles. The molecule has 1 atom stereocenters. The van der Waals surface area contributed by atoms with Crippen molar-refractivity contribution in [1.29, 1.82) is 0 Å². The molecule has 0 aliphatic carbocycles. The van der Waals surface area contributed by atoms with Crippen molar-refractivity contribution in [3.63, 3.8) is 0 Å². The summed E-state index contributed by atoms with van der Waals surface area (Å²) in [4.78, 5) is 0. The van der Waals surface area contributed by atoms with Gasteiger partial charge in [-0.3, -0.25) is 0 Å². The van der Waals surface area contributed by atoms with Crippen LogP contribution in [-0.2, 0) is 6.18 Å². The Hall–Kier alpha value is -1.00. The molecule has 1 rings (SSSR count). The van der Waals surface area contributed by atoms with E-state index in [2.05, 4.69) is 6.58 Å². The summed E-state index contributed by atoms with van der Waals surface area (Å²) in [5, 5.41) is -0.00257. The van der Waals surface area contributed by atoms with Crippen LogP contribution < -0.4 is 5.73 Å². The number of rotatable bonds is 2. The van der Waals surface area contributed by atoms with Crippen molar-refractivity contribution in [2.24, 2.45) is 5.73 Å². The Morgan fingerprint density at radius 3 is 2.47 bits per heavy atom. The van der Waals surface area contributed by atoms with E-state index in [9.17, 15) is 13.2 Å². The third-order valence-electron chi connectivity index (χ3n) is 1.95. The third kappa shape index (κ3) is 2.52. The second-order valence-corrected chi connectivity index (χ2v) is 3.37. The highest BCUT2D eigenvalue weighted by Crippen LogP contribution is 2.37. The maximum atomic E-state index is 12.6. The van der Waals surface area contributed by atoms with Crippen LogP contribution in [0.4, 0.5) is 13.2 Å². The fourth-order valence-corrected chi connectivity index (χ4v) is 1.54. The van der Waals surface area contributed by atoms with Crippen LogP contribution in [-0.4, -0.2) is 0 Å². The lowest BCUT2D eigenvalue weighted by Crippen LogP contribution is -2.16. The first-order valence-electron chi connectivity index (χ1n) is 4.11. The molecule has 0 radical (unpaired) electrons. The summed E-state index contributed by atoms with van der Waals surface area (Å²) >= 11 is 5.68. The van der Waals surface area contributed by atoms with Crippen LogP contribution in [0.1, 0.15) is 17.2 Å². The van der Waals surface area contributed by atoms with E-state index >= 15 is 0 Å². The molecular weight excluding hydrogens is 227 g/mol. The monoisotopic (exact) mass is 235 g/mol. The van der Waals surface area contributed by atoms with Crippen LogP contribution in [0.25, 0.3) is 0 Å². The first-order valence-corrected chi connectivity index (χ1v) is 4.49. The number of hydrogen-bond donors (Lipinski definition) is 1. The van der Waals surface area contributed by atoms with Gasteiger partial charge in [-0.2, -0.15) is 13.2 Å². The van der Waals surface area contributed by atoms with Gasteiger partial charge in [0.1, 0.15) is 0 Å². The van der Waals surface area contributed by atoms with Gasteiger partial charge in [0.2, 0.25) is 0 Å². The summed E-state index contributed by atoms with van der Waals surface area (Å²) in [6.45, 7) is 3.35. The molecule has 5 heteroatoms. The molecule has 0 aromatic heterocycles. The van der Waals surface area contributed by atoms with E-state index in [4.69, 9.17) is 17.3 Å². The number of alkyl halides is 3. The molecule has 15 heavy (non-hydrogen) atoms. The molecular formula is C10H9ClF3N. The number of halogens is 4. The van der Waals surface area contributed by atoms with E-state index in [1.807, 2.05) is 0 Å². The fraction of sp³-hybridized carbons (Fsp3) is 0.200. The smallest absolute Gasteiger partial charge is 0.321 e. The number of hydrogen-bond acceptors (Lipinski definition) is 1. The second-order valence-electron chi connectivity index (χ2n) is 2.96. The predicted molar refractivity (Wildman–Crippen MR) is 53.6 cm³/mol. The average molecular weight is 236 g/mol. The maximum Gasteiger partial charge on any atom is 0.416 e. The molecule has 0 fully saturated rings. The van der Waals surface area contributed by atoms with Crippen molar-refractivity contribution in [3.05, 3.63) is 47.0 Å². The highest BCUT2D eigenvalue weighted by molar-refractivity contribution is 6.31. The van der Waals surface area contributed by atoms with Crippen LogP contribution >= 0.6 is 11.6 Å². The summed E-state index contributed by atoms with van der Waals surface area (Å²) < 4.78 is 37.7. The number of benzene rings is 1. The number of nitrogens with two attached hydrogens (primary N) is 1. The highest BCUT2D eigenvalue weighted by Gasteiger charge is 2.35. The van der Waals surface area contributed by atoms with Crippen molar-refractivity contribution in [2.75, 3.05) is 0 Å². The standard InChI is InChI=1S/C10H9ClF3N/c1-2-8(15)9-6(10(12,13)14)4-3-5-7(9)11/h2-5,8H,1,15H2/t8-/m0/s1. The van der Waals surface area contributed by atoms with Gasteiger partial charge >= 0.3 is 6.18 Å². The zero-order valence-electron chi connectivity index (χ0n) is 7.68. The van der Waals surface area contributed by atoms with Crippen molar-refractivity contribution < 1.29 is 13.2 Å². The lowest BCUT2D eigenvalue weighted by molar-refractivity contribution is -0.138. The Labute approximate surface area is 90.3 Å². The molecule has 1 aromatic rings. The van der Waals surface area contributed by atoms with Crippen LogP contribution in [0.5, 0.6) is 0 Å². The molecule has 0 unspecified atom stereocenters. The SMILES string of the molecule is C=C[C@H](N)c1c(Cl)cccc1C(F)(F)F. The van der Waals surface area contributed by atoms with Gasteiger partial charge in [0.05, 0.1) is 5.56 Å². The van der Waals surface area contributed by atoms with Crippen LogP contribution in [0, 0.1) is 0 Å². The molecule has 0 saturated heterocycles. The first kappa shape index (κ1) is 12.1. The molecule has 0 aliphatic heterocycles. The van der Waals surface area contributed by atoms with Crippen LogP contribution in [0.15, 0.2) is 30.9 Å². The summed E-state index contributed by atoms with van der Waals surface area (Å²) in [7, 11) is 0. The molecule has 82 valence electrons. The minimum Gasteiger partial charge on any atom is -0.321 e. The molecule has 2 N–H and O–H groups in total. The lowest BCUT2D eigenvalue weighted by atomic mass is 10.0. The molecule has 0 aliphatic rings. The minimum absolute atomic E-state index is 0.00257. The Morgan fingerprint density at radius 1 is 1.40 bits per heavy atom. The van der Waals surface area contributed by atoms with Gasteiger partial charge in [-0.15, -0.1) is 6.58 Å².